The third kappa shape index (κ3) is 3.05. The molecule has 0 radical (unpaired) electrons. The van der Waals surface area contributed by atoms with Crippen molar-refractivity contribution in [3.8, 4) is 5.75 Å². The normalized spacial score (nSPS) is 51.0. The molecule has 10 heteroatoms. The Hall–Kier alpha value is -1.79. The monoisotopic (exact) mass is 573 g/mol. The predicted molar refractivity (Wildman–Crippen MR) is 145 cm³/mol. The molecule has 1 aliphatic heterocycles. The van der Waals surface area contributed by atoms with Gasteiger partial charge < -0.3 is 39.4 Å². The van der Waals surface area contributed by atoms with Crippen molar-refractivity contribution in [1.29, 1.82) is 0 Å². The molecule has 41 heavy (non-hydrogen) atoms. The zero-order chi connectivity index (χ0) is 29.2. The molecule has 7 rings (SSSR count). The number of methoxy groups -OCH3 is 3. The molecule has 7 bridgehead atoms. The molecule has 6 fully saturated rings. The first-order valence-corrected chi connectivity index (χ1v) is 15.0. The maximum absolute atomic E-state index is 13.5. The topological polar surface area (TPSA) is 138 Å². The lowest BCUT2D eigenvalue weighted by Gasteiger charge is -2.71. The molecule has 226 valence electrons. The van der Waals surface area contributed by atoms with Gasteiger partial charge in [-0.05, 0) is 62.4 Å². The van der Waals surface area contributed by atoms with E-state index in [1.807, 2.05) is 0 Å². The molecule has 12 atom stereocenters. The van der Waals surface area contributed by atoms with Crippen LogP contribution < -0.4 is 4.74 Å². The summed E-state index contributed by atoms with van der Waals surface area (Å²) in [5, 5.41) is 49.6. The lowest BCUT2D eigenvalue weighted by molar-refractivity contribution is -0.325. The van der Waals surface area contributed by atoms with Crippen molar-refractivity contribution < 1.29 is 44.2 Å². The molecule has 0 amide bonds. The largest absolute Gasteiger partial charge is 0.497 e. The van der Waals surface area contributed by atoms with Crippen LogP contribution in [0.3, 0.4) is 0 Å². The Bertz CT molecular complexity index is 1230. The van der Waals surface area contributed by atoms with Crippen LogP contribution in [0.25, 0.3) is 0 Å². The van der Waals surface area contributed by atoms with E-state index in [-0.39, 0.29) is 30.6 Å². The number of esters is 1. The van der Waals surface area contributed by atoms with Gasteiger partial charge in [0.05, 0.1) is 42.7 Å². The molecule has 1 aromatic rings. The van der Waals surface area contributed by atoms with Crippen molar-refractivity contribution >= 4 is 5.97 Å². The van der Waals surface area contributed by atoms with Gasteiger partial charge in [-0.2, -0.15) is 0 Å². The van der Waals surface area contributed by atoms with Gasteiger partial charge in [0.1, 0.15) is 17.5 Å². The molecule has 1 aromatic carbocycles. The van der Waals surface area contributed by atoms with Crippen LogP contribution in [0.5, 0.6) is 5.75 Å². The number of carbonyl (C=O) groups is 1. The number of likely N-dealkylation sites (tertiary alicyclic amines) is 1. The number of piperidine rings is 1. The third-order valence-electron chi connectivity index (χ3n) is 12.7. The van der Waals surface area contributed by atoms with Gasteiger partial charge in [0.15, 0.2) is 0 Å². The standard InChI is InChI=1S/C31H43NO9/c1-5-32-15-27(16-38-2)11-10-22(40-4)31-19-12-29(36)21(33)14-28(35,20(24(31)32)13-30(27,31)37)23(19)25(29)41-26(34)17-6-8-18(39-3)9-7-17/h6-9,19-25,33,35-37H,5,10-16H2,1-4H3/t19-,20+,21+,22+,23-,24-,25-,27+,28+,29-,30+,31-/m1/s1. The Morgan fingerprint density at radius 2 is 1.76 bits per heavy atom. The maximum Gasteiger partial charge on any atom is 0.338 e. The average Bonchev–Trinajstić information content (AvgIpc) is 3.33. The van der Waals surface area contributed by atoms with E-state index in [9.17, 15) is 25.2 Å². The molecule has 10 nitrogen and oxygen atoms in total. The first-order chi connectivity index (χ1) is 19.5. The Balaban J connectivity index is 1.38. The molecule has 1 saturated heterocycles. The summed E-state index contributed by atoms with van der Waals surface area (Å²) < 4.78 is 23.4. The third-order valence-corrected chi connectivity index (χ3v) is 12.7. The highest BCUT2D eigenvalue weighted by atomic mass is 16.6. The maximum atomic E-state index is 13.5. The highest BCUT2D eigenvalue weighted by Crippen LogP contribution is 2.80. The molecule has 5 saturated carbocycles. The number of carbonyl (C=O) groups excluding carboxylic acids is 1. The number of benzene rings is 1. The minimum absolute atomic E-state index is 0.0406. The number of fused-ring (bicyclic) bond motifs is 2. The van der Waals surface area contributed by atoms with Crippen LogP contribution in [0.2, 0.25) is 0 Å². The quantitative estimate of drug-likeness (QED) is 0.349. The van der Waals surface area contributed by atoms with E-state index in [2.05, 4.69) is 11.8 Å². The Morgan fingerprint density at radius 3 is 2.39 bits per heavy atom. The second kappa shape index (κ2) is 8.87. The predicted octanol–water partition coefficient (Wildman–Crippen LogP) is 0.980. The molecule has 5 aliphatic carbocycles. The summed E-state index contributed by atoms with van der Waals surface area (Å²) in [5.41, 5.74) is -5.62. The Morgan fingerprint density at radius 1 is 1.02 bits per heavy atom. The second-order valence-corrected chi connectivity index (χ2v) is 13.7. The SMILES string of the molecule is CCN1C[C@]2(COC)CC[C@H](OC)[C@@]34[C@@H]5C[C@]6(O)[C@H](OC(=O)c7ccc(OC)cc7)[C@@H]5[C@](O)(C[C@@H]6O)[C@@H](C[C@]23O)[C@@H]14. The van der Waals surface area contributed by atoms with E-state index in [1.54, 1.807) is 45.6 Å². The summed E-state index contributed by atoms with van der Waals surface area (Å²) in [4.78, 5) is 15.9. The molecule has 6 aliphatic rings. The average molecular weight is 574 g/mol. The van der Waals surface area contributed by atoms with Crippen LogP contribution in [0.1, 0.15) is 49.4 Å². The van der Waals surface area contributed by atoms with E-state index < -0.39 is 63.6 Å². The minimum atomic E-state index is -1.77. The lowest BCUT2D eigenvalue weighted by Crippen LogP contribution is -2.81. The molecule has 0 unspecified atom stereocenters. The summed E-state index contributed by atoms with van der Waals surface area (Å²) >= 11 is 0. The van der Waals surface area contributed by atoms with Gasteiger partial charge in [0.25, 0.3) is 0 Å². The second-order valence-electron chi connectivity index (χ2n) is 13.7. The number of nitrogens with zero attached hydrogens (tertiary/aromatic N) is 1. The zero-order valence-corrected chi connectivity index (χ0v) is 24.3. The number of ether oxygens (including phenoxy) is 4. The summed E-state index contributed by atoms with van der Waals surface area (Å²) in [7, 11) is 4.89. The van der Waals surface area contributed by atoms with Crippen molar-refractivity contribution in [2.45, 2.75) is 80.2 Å². The fourth-order valence-corrected chi connectivity index (χ4v) is 11.4. The van der Waals surface area contributed by atoms with Crippen LogP contribution in [0, 0.1) is 28.6 Å². The number of aliphatic hydroxyl groups is 4. The molecule has 0 aromatic heterocycles. The summed E-state index contributed by atoms with van der Waals surface area (Å²) in [6.45, 7) is 3.83. The van der Waals surface area contributed by atoms with Crippen LogP contribution in [0.15, 0.2) is 24.3 Å². The number of aliphatic hydroxyl groups excluding tert-OH is 1. The van der Waals surface area contributed by atoms with Gasteiger partial charge in [-0.15, -0.1) is 0 Å². The molecule has 1 heterocycles. The first-order valence-electron chi connectivity index (χ1n) is 15.0. The highest BCUT2D eigenvalue weighted by molar-refractivity contribution is 5.89. The molecule has 1 spiro atoms. The van der Waals surface area contributed by atoms with Crippen molar-refractivity contribution in [2.75, 3.05) is 41.0 Å². The van der Waals surface area contributed by atoms with Crippen molar-refractivity contribution in [3.05, 3.63) is 29.8 Å². The number of hydrogen-bond donors (Lipinski definition) is 4. The van der Waals surface area contributed by atoms with Crippen LogP contribution >= 0.6 is 0 Å². The van der Waals surface area contributed by atoms with Crippen LogP contribution in [-0.2, 0) is 14.2 Å². The summed E-state index contributed by atoms with van der Waals surface area (Å²) in [6.07, 6.45) is -0.969. The first kappa shape index (κ1) is 28.0. The van der Waals surface area contributed by atoms with E-state index in [4.69, 9.17) is 18.9 Å². The molecular formula is C31H43NO9. The van der Waals surface area contributed by atoms with Gasteiger partial charge >= 0.3 is 5.97 Å². The number of hydrogen-bond acceptors (Lipinski definition) is 10. The Labute approximate surface area is 240 Å². The van der Waals surface area contributed by atoms with E-state index in [0.717, 1.165) is 6.54 Å². The summed E-state index contributed by atoms with van der Waals surface area (Å²) in [6, 6.07) is 6.29. The van der Waals surface area contributed by atoms with Gasteiger partial charge in [-0.25, -0.2) is 4.79 Å². The Kier molecular flexibility index (Phi) is 6.06. The molecular weight excluding hydrogens is 530 g/mol. The van der Waals surface area contributed by atoms with Gasteiger partial charge in [-0.1, -0.05) is 6.92 Å². The number of rotatable bonds is 7. The summed E-state index contributed by atoms with van der Waals surface area (Å²) in [5.74, 6) is -1.61. The fraction of sp³-hybridized carbons (Fsp3) is 0.774. The van der Waals surface area contributed by atoms with E-state index in [0.29, 0.717) is 38.2 Å². The van der Waals surface area contributed by atoms with Crippen molar-refractivity contribution in [1.82, 2.24) is 4.90 Å². The minimum Gasteiger partial charge on any atom is -0.497 e. The highest BCUT2D eigenvalue weighted by Gasteiger charge is 2.90. The van der Waals surface area contributed by atoms with Gasteiger partial charge in [-0.3, -0.25) is 4.90 Å². The van der Waals surface area contributed by atoms with Gasteiger partial charge in [0.2, 0.25) is 0 Å². The smallest absolute Gasteiger partial charge is 0.338 e. The van der Waals surface area contributed by atoms with E-state index >= 15 is 0 Å². The fourth-order valence-electron chi connectivity index (χ4n) is 11.4. The van der Waals surface area contributed by atoms with Crippen molar-refractivity contribution in [2.24, 2.45) is 28.6 Å². The zero-order valence-electron chi connectivity index (χ0n) is 24.3. The van der Waals surface area contributed by atoms with Gasteiger partial charge in [0, 0.05) is 55.9 Å². The van der Waals surface area contributed by atoms with Crippen molar-refractivity contribution in [3.63, 3.8) is 0 Å². The lowest BCUT2D eigenvalue weighted by atomic mass is 9.41. The van der Waals surface area contributed by atoms with Crippen LogP contribution in [-0.4, -0.2) is 113 Å². The van der Waals surface area contributed by atoms with Crippen LogP contribution in [0.4, 0.5) is 0 Å². The van der Waals surface area contributed by atoms with E-state index in [1.165, 1.54) is 0 Å². The molecule has 4 N–H and O–H groups in total.